The summed E-state index contributed by atoms with van der Waals surface area (Å²) in [5.74, 6) is -0.441. The molecule has 2 heterocycles. The lowest BCUT2D eigenvalue weighted by Gasteiger charge is -2.16. The standard InChI is InChI=1S/C14H15N3O5.ClH/c1-4-17-8-6-10-9(21-14(22-10)16(2)3)5-7(8)12(18)11(15-17)13(19)20;/h5-6,14H,4H2,1-3H3,(H,19,20);1H. The molecule has 0 bridgehead atoms. The summed E-state index contributed by atoms with van der Waals surface area (Å²) in [6.07, 6.45) is -0.580. The molecule has 0 fully saturated rings. The van der Waals surface area contributed by atoms with Crippen LogP contribution in [0.15, 0.2) is 16.9 Å². The van der Waals surface area contributed by atoms with Gasteiger partial charge in [0.1, 0.15) is 0 Å². The minimum Gasteiger partial charge on any atom is -0.476 e. The van der Waals surface area contributed by atoms with E-state index in [2.05, 4.69) is 5.10 Å². The van der Waals surface area contributed by atoms with Crippen LogP contribution < -0.4 is 14.9 Å². The number of aryl methyl sites for hydroxylation is 1. The van der Waals surface area contributed by atoms with Gasteiger partial charge >= 0.3 is 12.4 Å². The van der Waals surface area contributed by atoms with E-state index in [1.165, 1.54) is 10.7 Å². The molecule has 0 spiro atoms. The summed E-state index contributed by atoms with van der Waals surface area (Å²) in [7, 11) is 3.59. The number of carbonyl (C=O) groups is 1. The third-order valence-corrected chi connectivity index (χ3v) is 3.40. The number of aromatic carboxylic acids is 1. The van der Waals surface area contributed by atoms with Crippen molar-refractivity contribution in [3.8, 4) is 11.5 Å². The highest BCUT2D eigenvalue weighted by molar-refractivity contribution is 5.91. The number of benzene rings is 1. The zero-order valence-electron chi connectivity index (χ0n) is 12.8. The Labute approximate surface area is 137 Å². The van der Waals surface area contributed by atoms with Gasteiger partial charge in [-0.3, -0.25) is 9.48 Å². The maximum absolute atomic E-state index is 12.3. The molecule has 0 amide bonds. The third-order valence-electron chi connectivity index (χ3n) is 3.40. The molecule has 0 saturated carbocycles. The predicted molar refractivity (Wildman–Crippen MR) is 84.6 cm³/mol. The number of halogens is 1. The highest BCUT2D eigenvalue weighted by atomic mass is 35.5. The van der Waals surface area contributed by atoms with E-state index in [0.29, 0.717) is 23.6 Å². The Morgan fingerprint density at radius 3 is 2.48 bits per heavy atom. The average molecular weight is 342 g/mol. The van der Waals surface area contributed by atoms with Gasteiger partial charge in [-0.1, -0.05) is 0 Å². The van der Waals surface area contributed by atoms with Crippen molar-refractivity contribution in [2.45, 2.75) is 19.9 Å². The van der Waals surface area contributed by atoms with E-state index in [4.69, 9.17) is 14.6 Å². The Kier molecular flexibility index (Phi) is 4.49. The first-order valence-corrected chi connectivity index (χ1v) is 6.74. The number of rotatable bonds is 3. The smallest absolute Gasteiger partial charge is 0.360 e. The van der Waals surface area contributed by atoms with Gasteiger partial charge in [-0.05, 0) is 27.1 Å². The number of nitrogens with zero attached hydrogens (tertiary/aromatic N) is 3. The maximum atomic E-state index is 12.3. The largest absolute Gasteiger partial charge is 0.476 e. The van der Waals surface area contributed by atoms with E-state index in [0.717, 1.165) is 0 Å². The molecular weight excluding hydrogens is 326 g/mol. The number of carboxylic acid groups (broad SMARTS) is 1. The van der Waals surface area contributed by atoms with E-state index in [-0.39, 0.29) is 17.8 Å². The molecule has 124 valence electrons. The highest BCUT2D eigenvalue weighted by Crippen LogP contribution is 2.37. The lowest BCUT2D eigenvalue weighted by atomic mass is 10.1. The Bertz CT molecular complexity index is 833. The zero-order valence-corrected chi connectivity index (χ0v) is 13.6. The van der Waals surface area contributed by atoms with Crippen LogP contribution in [-0.4, -0.2) is 46.3 Å². The number of aromatic nitrogens is 2. The monoisotopic (exact) mass is 341 g/mol. The van der Waals surface area contributed by atoms with Crippen LogP contribution in [0.2, 0.25) is 0 Å². The number of hydrogen-bond donors (Lipinski definition) is 1. The molecule has 1 aromatic heterocycles. The molecule has 1 aliphatic heterocycles. The van der Waals surface area contributed by atoms with E-state index in [1.807, 2.05) is 6.92 Å². The molecule has 1 N–H and O–H groups in total. The van der Waals surface area contributed by atoms with E-state index in [1.54, 1.807) is 25.1 Å². The van der Waals surface area contributed by atoms with Crippen LogP contribution in [0.5, 0.6) is 11.5 Å². The van der Waals surface area contributed by atoms with Gasteiger partial charge in [0.05, 0.1) is 10.9 Å². The molecule has 0 saturated heterocycles. The van der Waals surface area contributed by atoms with Crippen molar-refractivity contribution < 1.29 is 19.4 Å². The van der Waals surface area contributed by atoms with Gasteiger partial charge in [-0.2, -0.15) is 5.10 Å². The normalized spacial score (nSPS) is 15.7. The first-order valence-electron chi connectivity index (χ1n) is 6.74. The summed E-state index contributed by atoms with van der Waals surface area (Å²) in [6, 6.07) is 3.16. The summed E-state index contributed by atoms with van der Waals surface area (Å²) in [4.78, 5) is 25.2. The number of ether oxygens (including phenoxy) is 2. The fourth-order valence-corrected chi connectivity index (χ4v) is 2.31. The van der Waals surface area contributed by atoms with Crippen molar-refractivity contribution in [3.63, 3.8) is 0 Å². The molecule has 9 heteroatoms. The van der Waals surface area contributed by atoms with Crippen molar-refractivity contribution in [2.24, 2.45) is 0 Å². The fraction of sp³-hybridized carbons (Fsp3) is 0.357. The number of fused-ring (bicyclic) bond motifs is 2. The van der Waals surface area contributed by atoms with Crippen LogP contribution in [0.25, 0.3) is 10.9 Å². The molecule has 23 heavy (non-hydrogen) atoms. The fourth-order valence-electron chi connectivity index (χ4n) is 2.31. The molecule has 0 aliphatic carbocycles. The van der Waals surface area contributed by atoms with Gasteiger partial charge in [0.2, 0.25) is 11.1 Å². The molecule has 1 atom stereocenters. The molecular formula is C14H16ClN3O5. The Morgan fingerprint density at radius 1 is 1.35 bits per heavy atom. The van der Waals surface area contributed by atoms with Gasteiger partial charge in [-0.25, -0.2) is 9.69 Å². The quantitative estimate of drug-likeness (QED) is 0.895. The van der Waals surface area contributed by atoms with Gasteiger partial charge < -0.3 is 14.6 Å². The van der Waals surface area contributed by atoms with Gasteiger partial charge in [0.15, 0.2) is 11.5 Å². The van der Waals surface area contributed by atoms with Gasteiger partial charge in [0.25, 0.3) is 0 Å². The van der Waals surface area contributed by atoms with Crippen molar-refractivity contribution in [1.29, 1.82) is 0 Å². The van der Waals surface area contributed by atoms with Crippen molar-refractivity contribution in [2.75, 3.05) is 14.1 Å². The van der Waals surface area contributed by atoms with Crippen molar-refractivity contribution >= 4 is 29.3 Å². The summed E-state index contributed by atoms with van der Waals surface area (Å²) in [5, 5.41) is 13.3. The second kappa shape index (κ2) is 6.05. The first kappa shape index (κ1) is 17.0. The van der Waals surface area contributed by atoms with Crippen molar-refractivity contribution in [3.05, 3.63) is 28.0 Å². The van der Waals surface area contributed by atoms with Crippen LogP contribution in [-0.2, 0) is 6.54 Å². The minimum absolute atomic E-state index is 0. The third kappa shape index (κ3) is 2.71. The van der Waals surface area contributed by atoms with Gasteiger partial charge in [-0.15, -0.1) is 12.4 Å². The summed E-state index contributed by atoms with van der Waals surface area (Å²) in [5.41, 5.74) is -0.622. The molecule has 3 rings (SSSR count). The number of hydrogen-bond acceptors (Lipinski definition) is 6. The van der Waals surface area contributed by atoms with Crippen LogP contribution in [0.3, 0.4) is 0 Å². The highest BCUT2D eigenvalue weighted by Gasteiger charge is 2.28. The Balaban J connectivity index is 0.00000192. The molecule has 1 aliphatic rings. The SMILES string of the molecule is CCn1nc(C(=O)O)c(=O)c2cc3c(cc21)OC(N(C)C)O3.Cl. The van der Waals surface area contributed by atoms with Crippen LogP contribution in [0.4, 0.5) is 0 Å². The molecule has 1 unspecified atom stereocenters. The topological polar surface area (TPSA) is 93.9 Å². The maximum Gasteiger partial charge on any atom is 0.360 e. The van der Waals surface area contributed by atoms with Crippen LogP contribution in [0.1, 0.15) is 17.4 Å². The Hall–Kier alpha value is -2.32. The predicted octanol–water partition coefficient (Wildman–Crippen LogP) is 1.15. The lowest BCUT2D eigenvalue weighted by Crippen LogP contribution is -2.34. The van der Waals surface area contributed by atoms with Crippen LogP contribution >= 0.6 is 12.4 Å². The van der Waals surface area contributed by atoms with Crippen LogP contribution in [0, 0.1) is 0 Å². The summed E-state index contributed by atoms with van der Waals surface area (Å²) >= 11 is 0. The van der Waals surface area contributed by atoms with Gasteiger partial charge in [0, 0.05) is 12.6 Å². The summed E-state index contributed by atoms with van der Waals surface area (Å²) < 4.78 is 12.7. The molecule has 2 aromatic rings. The minimum atomic E-state index is -1.35. The van der Waals surface area contributed by atoms with Crippen molar-refractivity contribution in [1.82, 2.24) is 14.7 Å². The molecule has 8 nitrogen and oxygen atoms in total. The lowest BCUT2D eigenvalue weighted by molar-refractivity contribution is -0.0614. The average Bonchev–Trinajstić information content (AvgIpc) is 2.89. The first-order chi connectivity index (χ1) is 10.4. The second-order valence-electron chi connectivity index (χ2n) is 5.12. The zero-order chi connectivity index (χ0) is 16.0. The van der Waals surface area contributed by atoms with E-state index in [9.17, 15) is 9.59 Å². The summed E-state index contributed by atoms with van der Waals surface area (Å²) in [6.45, 7) is 2.24. The Morgan fingerprint density at radius 2 is 1.96 bits per heavy atom. The second-order valence-corrected chi connectivity index (χ2v) is 5.12. The molecule has 1 aromatic carbocycles. The number of carboxylic acids is 1. The molecule has 0 radical (unpaired) electrons. The van der Waals surface area contributed by atoms with E-state index >= 15 is 0 Å². The van der Waals surface area contributed by atoms with E-state index < -0.39 is 23.5 Å².